The summed E-state index contributed by atoms with van der Waals surface area (Å²) in [5.74, 6) is -0.897. The maximum Gasteiger partial charge on any atom is 0.246 e. The topological polar surface area (TPSA) is 70.2 Å². The normalized spacial score (nSPS) is 22.6. The fourth-order valence-corrected chi connectivity index (χ4v) is 5.33. The van der Waals surface area contributed by atoms with Crippen molar-refractivity contribution in [3.05, 3.63) is 24.0 Å². The summed E-state index contributed by atoms with van der Waals surface area (Å²) in [6.45, 7) is 3.40. The molecule has 2 fully saturated rings. The molecule has 0 unspecified atom stereocenters. The van der Waals surface area contributed by atoms with Crippen LogP contribution in [0.2, 0.25) is 0 Å². The van der Waals surface area contributed by atoms with Crippen LogP contribution >= 0.6 is 0 Å². The molecule has 2 aliphatic rings. The largest absolute Gasteiger partial charge is 0.495 e. The third-order valence-corrected chi connectivity index (χ3v) is 7.18. The standard InChI is InChI=1S/C18H26FN3O4S/c1-20-8-10-21(11-9-20)18(23)14-4-3-7-22(13-14)27(24,25)17-12-15(19)5-6-16(17)26-2/h5-6,12,14H,3-4,7-11,13H2,1-2H3/t14-/m0/s1. The Balaban J connectivity index is 1.77. The number of carbonyl (C=O) groups excluding carboxylic acids is 1. The second-order valence-corrected chi connectivity index (χ2v) is 9.03. The summed E-state index contributed by atoms with van der Waals surface area (Å²) in [7, 11) is -0.578. The lowest BCUT2D eigenvalue weighted by atomic mass is 9.98. The van der Waals surface area contributed by atoms with E-state index < -0.39 is 15.8 Å². The predicted octanol–water partition coefficient (Wildman–Crippen LogP) is 1.01. The number of methoxy groups -OCH3 is 1. The number of ether oxygens (including phenoxy) is 1. The van der Waals surface area contributed by atoms with Crippen LogP contribution in [0.25, 0.3) is 0 Å². The number of carbonyl (C=O) groups is 1. The molecule has 1 aromatic carbocycles. The lowest BCUT2D eigenvalue weighted by molar-refractivity contribution is -0.138. The van der Waals surface area contributed by atoms with Gasteiger partial charge in [-0.1, -0.05) is 0 Å². The van der Waals surface area contributed by atoms with Crippen LogP contribution in [-0.4, -0.2) is 81.9 Å². The molecule has 2 aliphatic heterocycles. The first kappa shape index (κ1) is 20.0. The number of benzene rings is 1. The van der Waals surface area contributed by atoms with Crippen molar-refractivity contribution < 1.29 is 22.3 Å². The Morgan fingerprint density at radius 3 is 2.56 bits per heavy atom. The Kier molecular flexibility index (Phi) is 6.02. The van der Waals surface area contributed by atoms with Crippen molar-refractivity contribution >= 4 is 15.9 Å². The first-order chi connectivity index (χ1) is 12.8. The minimum absolute atomic E-state index is 0.00853. The highest BCUT2D eigenvalue weighted by molar-refractivity contribution is 7.89. The molecule has 27 heavy (non-hydrogen) atoms. The van der Waals surface area contributed by atoms with Crippen molar-refractivity contribution in [3.8, 4) is 5.75 Å². The van der Waals surface area contributed by atoms with Gasteiger partial charge in [0.2, 0.25) is 15.9 Å². The zero-order valence-corrected chi connectivity index (χ0v) is 16.5. The molecule has 3 rings (SSSR count). The van der Waals surface area contributed by atoms with Crippen molar-refractivity contribution in [1.82, 2.24) is 14.1 Å². The van der Waals surface area contributed by atoms with Crippen LogP contribution in [0.4, 0.5) is 4.39 Å². The van der Waals surface area contributed by atoms with Crippen molar-refractivity contribution in [3.63, 3.8) is 0 Å². The Morgan fingerprint density at radius 2 is 1.89 bits per heavy atom. The van der Waals surface area contributed by atoms with Gasteiger partial charge < -0.3 is 14.5 Å². The van der Waals surface area contributed by atoms with E-state index in [0.717, 1.165) is 25.2 Å². The fraction of sp³-hybridized carbons (Fsp3) is 0.611. The van der Waals surface area contributed by atoms with Gasteiger partial charge in [-0.2, -0.15) is 4.31 Å². The number of rotatable bonds is 4. The molecular weight excluding hydrogens is 373 g/mol. The molecule has 1 atom stereocenters. The van der Waals surface area contributed by atoms with Crippen molar-refractivity contribution in [2.75, 3.05) is 53.4 Å². The number of sulfonamides is 1. The lowest BCUT2D eigenvalue weighted by Crippen LogP contribution is -2.52. The molecule has 0 aliphatic carbocycles. The number of halogens is 1. The van der Waals surface area contributed by atoms with Gasteiger partial charge in [-0.3, -0.25) is 4.79 Å². The van der Waals surface area contributed by atoms with Gasteiger partial charge in [0, 0.05) is 39.3 Å². The van der Waals surface area contributed by atoms with E-state index in [4.69, 9.17) is 4.74 Å². The van der Waals surface area contributed by atoms with Crippen molar-refractivity contribution in [1.29, 1.82) is 0 Å². The highest BCUT2D eigenvalue weighted by Crippen LogP contribution is 2.31. The Bertz CT molecular complexity index is 794. The summed E-state index contributed by atoms with van der Waals surface area (Å²) in [5, 5.41) is 0. The number of amides is 1. The van der Waals surface area contributed by atoms with E-state index in [-0.39, 0.29) is 29.0 Å². The molecule has 7 nitrogen and oxygen atoms in total. The molecular formula is C18H26FN3O4S. The lowest BCUT2D eigenvalue weighted by Gasteiger charge is -2.37. The van der Waals surface area contributed by atoms with Gasteiger partial charge in [0.05, 0.1) is 13.0 Å². The van der Waals surface area contributed by atoms with Gasteiger partial charge in [-0.15, -0.1) is 0 Å². The highest BCUT2D eigenvalue weighted by Gasteiger charge is 2.36. The zero-order chi connectivity index (χ0) is 19.6. The highest BCUT2D eigenvalue weighted by atomic mass is 32.2. The fourth-order valence-electron chi connectivity index (χ4n) is 3.64. The van der Waals surface area contributed by atoms with Crippen LogP contribution in [0.5, 0.6) is 5.75 Å². The minimum Gasteiger partial charge on any atom is -0.495 e. The zero-order valence-electron chi connectivity index (χ0n) is 15.7. The molecule has 0 spiro atoms. The third kappa shape index (κ3) is 4.25. The summed E-state index contributed by atoms with van der Waals surface area (Å²) >= 11 is 0. The molecule has 2 heterocycles. The first-order valence-electron chi connectivity index (χ1n) is 9.14. The molecule has 0 saturated carbocycles. The van der Waals surface area contributed by atoms with Crippen molar-refractivity contribution in [2.45, 2.75) is 17.7 Å². The molecule has 2 saturated heterocycles. The Labute approximate surface area is 159 Å². The average Bonchev–Trinajstić information content (AvgIpc) is 2.68. The van der Waals surface area contributed by atoms with Crippen LogP contribution in [0, 0.1) is 11.7 Å². The SMILES string of the molecule is COc1ccc(F)cc1S(=O)(=O)N1CCC[C@H](C(=O)N2CCN(C)CC2)C1. The van der Waals surface area contributed by atoms with E-state index in [2.05, 4.69) is 4.90 Å². The van der Waals surface area contributed by atoms with Crippen LogP contribution in [0.3, 0.4) is 0 Å². The number of piperazine rings is 1. The first-order valence-corrected chi connectivity index (χ1v) is 10.6. The number of likely N-dealkylation sites (N-methyl/N-ethyl adjacent to an activating group) is 1. The summed E-state index contributed by atoms with van der Waals surface area (Å²) in [6.07, 6.45) is 1.26. The van der Waals surface area contributed by atoms with Crippen LogP contribution in [0.1, 0.15) is 12.8 Å². The molecule has 9 heteroatoms. The molecule has 150 valence electrons. The van der Waals surface area contributed by atoms with E-state index >= 15 is 0 Å². The number of piperidine rings is 1. The maximum atomic E-state index is 13.7. The second kappa shape index (κ2) is 8.12. The van der Waals surface area contributed by atoms with Crippen molar-refractivity contribution in [2.24, 2.45) is 5.92 Å². The van der Waals surface area contributed by atoms with Crippen LogP contribution in [0.15, 0.2) is 23.1 Å². The minimum atomic E-state index is -3.94. The summed E-state index contributed by atoms with van der Waals surface area (Å²) in [5.41, 5.74) is 0. The van der Waals surface area contributed by atoms with Gasteiger partial charge >= 0.3 is 0 Å². The third-order valence-electron chi connectivity index (χ3n) is 5.29. The predicted molar refractivity (Wildman–Crippen MR) is 98.5 cm³/mol. The van der Waals surface area contributed by atoms with Gasteiger partial charge in [0.1, 0.15) is 16.5 Å². The van der Waals surface area contributed by atoms with Gasteiger partial charge in [-0.05, 0) is 38.1 Å². The van der Waals surface area contributed by atoms with Gasteiger partial charge in [-0.25, -0.2) is 12.8 Å². The summed E-state index contributed by atoms with van der Waals surface area (Å²) < 4.78 is 46.2. The Hall–Kier alpha value is -1.71. The molecule has 0 aromatic heterocycles. The molecule has 1 aromatic rings. The second-order valence-electron chi connectivity index (χ2n) is 7.13. The number of hydrogen-bond donors (Lipinski definition) is 0. The quantitative estimate of drug-likeness (QED) is 0.756. The van der Waals surface area contributed by atoms with Gasteiger partial charge in [0.25, 0.3) is 0 Å². The average molecular weight is 399 g/mol. The van der Waals surface area contributed by atoms with E-state index in [1.807, 2.05) is 11.9 Å². The van der Waals surface area contributed by atoms with Crippen LogP contribution in [-0.2, 0) is 14.8 Å². The number of hydrogen-bond acceptors (Lipinski definition) is 5. The Morgan fingerprint density at radius 1 is 1.19 bits per heavy atom. The summed E-state index contributed by atoms with van der Waals surface area (Å²) in [6, 6.07) is 3.44. The summed E-state index contributed by atoms with van der Waals surface area (Å²) in [4.78, 5) is 16.6. The number of nitrogens with zero attached hydrogens (tertiary/aromatic N) is 3. The van der Waals surface area contributed by atoms with E-state index in [9.17, 15) is 17.6 Å². The monoisotopic (exact) mass is 399 g/mol. The van der Waals surface area contributed by atoms with Gasteiger partial charge in [0.15, 0.2) is 0 Å². The smallest absolute Gasteiger partial charge is 0.246 e. The van der Waals surface area contributed by atoms with E-state index in [1.54, 1.807) is 0 Å². The van der Waals surface area contributed by atoms with Crippen LogP contribution < -0.4 is 4.74 Å². The molecule has 0 radical (unpaired) electrons. The van der Waals surface area contributed by atoms with E-state index in [1.165, 1.54) is 17.5 Å². The molecule has 1 amide bonds. The molecule has 0 N–H and O–H groups in total. The molecule has 0 bridgehead atoms. The van der Waals surface area contributed by atoms with E-state index in [0.29, 0.717) is 32.5 Å². The maximum absolute atomic E-state index is 13.7.